The quantitative estimate of drug-likeness (QED) is 0.465. The van der Waals surface area contributed by atoms with E-state index in [1.54, 1.807) is 0 Å². The van der Waals surface area contributed by atoms with Crippen LogP contribution in [-0.4, -0.2) is 18.3 Å². The largest absolute Gasteiger partial charge is 0.352 e. The number of amides is 1. The molecule has 0 bridgehead atoms. The van der Waals surface area contributed by atoms with Gasteiger partial charge in [-0.1, -0.05) is 6.92 Å². The number of halogens is 2. The van der Waals surface area contributed by atoms with Crippen LogP contribution in [0.2, 0.25) is 0 Å². The smallest absolute Gasteiger partial charge is 0.251 e. The van der Waals surface area contributed by atoms with Crippen molar-refractivity contribution < 1.29 is 4.79 Å². The zero-order valence-corrected chi connectivity index (χ0v) is 12.8. The van der Waals surface area contributed by atoms with Gasteiger partial charge in [-0.2, -0.15) is 0 Å². The molecule has 1 amide bonds. The first-order valence-corrected chi connectivity index (χ1v) is 7.34. The van der Waals surface area contributed by atoms with Gasteiger partial charge >= 0.3 is 0 Å². The van der Waals surface area contributed by atoms with Gasteiger partial charge in [0.05, 0.1) is 0 Å². The van der Waals surface area contributed by atoms with Crippen molar-refractivity contribution in [1.82, 2.24) is 5.32 Å². The summed E-state index contributed by atoms with van der Waals surface area (Å²) >= 11 is 7.94. The van der Waals surface area contributed by atoms with Crippen LogP contribution in [-0.2, 0) is 0 Å². The van der Waals surface area contributed by atoms with Gasteiger partial charge in [-0.25, -0.2) is 0 Å². The van der Waals surface area contributed by atoms with Crippen LogP contribution in [0.4, 0.5) is 0 Å². The number of carbonyl (C=O) groups is 1. The summed E-state index contributed by atoms with van der Waals surface area (Å²) in [7, 11) is 0. The lowest BCUT2D eigenvalue weighted by Crippen LogP contribution is -2.24. The summed E-state index contributed by atoms with van der Waals surface area (Å²) in [6.45, 7) is 2.83. The molecule has 1 rings (SSSR count). The van der Waals surface area contributed by atoms with Gasteiger partial charge in [-0.05, 0) is 65.6 Å². The van der Waals surface area contributed by atoms with Crippen molar-refractivity contribution in [2.45, 2.75) is 19.8 Å². The minimum atomic E-state index is -0.0000680. The van der Waals surface area contributed by atoms with Crippen LogP contribution in [0.3, 0.4) is 0 Å². The molecule has 0 saturated carbocycles. The molecular formula is C13H17ClINO. The number of hydrogen-bond acceptors (Lipinski definition) is 1. The second-order valence-corrected chi connectivity index (χ2v) is 5.72. The fraction of sp³-hybridized carbons (Fsp3) is 0.462. The molecule has 4 heteroatoms. The minimum absolute atomic E-state index is 0.0000680. The van der Waals surface area contributed by atoms with E-state index in [0.29, 0.717) is 18.3 Å². The topological polar surface area (TPSA) is 29.1 Å². The molecule has 1 N–H and O–H groups in total. The van der Waals surface area contributed by atoms with Crippen LogP contribution in [0.15, 0.2) is 24.3 Å². The van der Waals surface area contributed by atoms with Gasteiger partial charge in [0.1, 0.15) is 0 Å². The Bertz CT molecular complexity index is 353. The monoisotopic (exact) mass is 365 g/mol. The van der Waals surface area contributed by atoms with E-state index >= 15 is 0 Å². The van der Waals surface area contributed by atoms with Crippen LogP contribution in [0.5, 0.6) is 0 Å². The lowest BCUT2D eigenvalue weighted by molar-refractivity contribution is 0.0952. The van der Waals surface area contributed by atoms with E-state index in [-0.39, 0.29) is 5.91 Å². The fourth-order valence-corrected chi connectivity index (χ4v) is 1.95. The van der Waals surface area contributed by atoms with E-state index < -0.39 is 0 Å². The van der Waals surface area contributed by atoms with Crippen LogP contribution in [0.1, 0.15) is 30.1 Å². The third-order valence-electron chi connectivity index (χ3n) is 2.53. The highest BCUT2D eigenvalue weighted by Crippen LogP contribution is 2.08. The maximum atomic E-state index is 11.7. The fourth-order valence-electron chi connectivity index (χ4n) is 1.43. The summed E-state index contributed by atoms with van der Waals surface area (Å²) in [6.07, 6.45) is 2.03. The molecule has 0 spiro atoms. The third kappa shape index (κ3) is 5.73. The molecule has 0 aliphatic heterocycles. The van der Waals surface area contributed by atoms with Crippen molar-refractivity contribution in [3.05, 3.63) is 33.4 Å². The maximum Gasteiger partial charge on any atom is 0.251 e. The standard InChI is InChI=1S/C13H17ClINO/c1-10(9-14)3-2-8-16-13(17)11-4-6-12(15)7-5-11/h4-7,10H,2-3,8-9H2,1H3,(H,16,17). The molecule has 0 heterocycles. The lowest BCUT2D eigenvalue weighted by Gasteiger charge is -2.08. The van der Waals surface area contributed by atoms with Crippen molar-refractivity contribution in [3.8, 4) is 0 Å². The summed E-state index contributed by atoms with van der Waals surface area (Å²) < 4.78 is 1.13. The molecule has 0 saturated heterocycles. The number of nitrogens with one attached hydrogen (secondary N) is 1. The van der Waals surface area contributed by atoms with E-state index in [1.807, 2.05) is 24.3 Å². The molecule has 0 aliphatic rings. The summed E-state index contributed by atoms with van der Waals surface area (Å²) in [5.74, 6) is 1.21. The van der Waals surface area contributed by atoms with Crippen molar-refractivity contribution in [2.24, 2.45) is 5.92 Å². The van der Waals surface area contributed by atoms with E-state index in [4.69, 9.17) is 11.6 Å². The predicted octanol–water partition coefficient (Wildman–Crippen LogP) is 3.68. The highest BCUT2D eigenvalue weighted by atomic mass is 127. The van der Waals surface area contributed by atoms with Crippen molar-refractivity contribution in [3.63, 3.8) is 0 Å². The molecule has 1 unspecified atom stereocenters. The second kappa shape index (κ2) is 7.93. The molecule has 0 radical (unpaired) electrons. The number of rotatable bonds is 6. The number of hydrogen-bond donors (Lipinski definition) is 1. The normalized spacial score (nSPS) is 12.2. The average Bonchev–Trinajstić information content (AvgIpc) is 2.34. The molecule has 1 atom stereocenters. The molecule has 0 aromatic heterocycles. The minimum Gasteiger partial charge on any atom is -0.352 e. The lowest BCUT2D eigenvalue weighted by atomic mass is 10.1. The second-order valence-electron chi connectivity index (χ2n) is 4.16. The summed E-state index contributed by atoms with van der Waals surface area (Å²) in [5.41, 5.74) is 0.718. The zero-order chi connectivity index (χ0) is 12.7. The van der Waals surface area contributed by atoms with Gasteiger partial charge in [0.25, 0.3) is 5.91 Å². The predicted molar refractivity (Wildman–Crippen MR) is 80.6 cm³/mol. The molecule has 2 nitrogen and oxygen atoms in total. The van der Waals surface area contributed by atoms with Crippen molar-refractivity contribution in [2.75, 3.05) is 12.4 Å². The Labute approximate surface area is 121 Å². The van der Waals surface area contributed by atoms with Crippen LogP contribution < -0.4 is 5.32 Å². The first-order chi connectivity index (χ1) is 8.13. The van der Waals surface area contributed by atoms with Gasteiger partial charge < -0.3 is 5.32 Å². The zero-order valence-electron chi connectivity index (χ0n) is 9.88. The number of benzene rings is 1. The van der Waals surface area contributed by atoms with Crippen molar-refractivity contribution in [1.29, 1.82) is 0 Å². The average molecular weight is 366 g/mol. The van der Waals surface area contributed by atoms with Crippen molar-refractivity contribution >= 4 is 40.1 Å². The van der Waals surface area contributed by atoms with Gasteiger partial charge in [0.2, 0.25) is 0 Å². The maximum absolute atomic E-state index is 11.7. The Morgan fingerprint density at radius 3 is 2.65 bits per heavy atom. The van der Waals surface area contributed by atoms with Crippen LogP contribution in [0.25, 0.3) is 0 Å². The molecule has 0 fully saturated rings. The molecule has 1 aromatic carbocycles. The Morgan fingerprint density at radius 1 is 1.41 bits per heavy atom. The summed E-state index contributed by atoms with van der Waals surface area (Å²) in [5, 5.41) is 2.91. The van der Waals surface area contributed by atoms with E-state index in [1.165, 1.54) is 0 Å². The molecule has 0 aliphatic carbocycles. The number of alkyl halides is 1. The van der Waals surface area contributed by atoms with Gasteiger partial charge in [-0.15, -0.1) is 11.6 Å². The Balaban J connectivity index is 2.28. The Morgan fingerprint density at radius 2 is 2.06 bits per heavy atom. The summed E-state index contributed by atoms with van der Waals surface area (Å²) in [4.78, 5) is 11.7. The first-order valence-electron chi connectivity index (χ1n) is 5.73. The molecule has 94 valence electrons. The van der Waals surface area contributed by atoms with Gasteiger partial charge in [0.15, 0.2) is 0 Å². The van der Waals surface area contributed by atoms with E-state index in [2.05, 4.69) is 34.8 Å². The van der Waals surface area contributed by atoms with Gasteiger partial charge in [-0.3, -0.25) is 4.79 Å². The number of carbonyl (C=O) groups excluding carboxylic acids is 1. The first kappa shape index (κ1) is 14.8. The van der Waals surface area contributed by atoms with E-state index in [9.17, 15) is 4.79 Å². The summed E-state index contributed by atoms with van der Waals surface area (Å²) in [6, 6.07) is 7.56. The molecule has 1 aromatic rings. The third-order valence-corrected chi connectivity index (χ3v) is 3.78. The molecule has 17 heavy (non-hydrogen) atoms. The molecular weight excluding hydrogens is 349 g/mol. The van der Waals surface area contributed by atoms with Gasteiger partial charge in [0, 0.05) is 21.6 Å². The van der Waals surface area contributed by atoms with E-state index in [0.717, 1.165) is 22.0 Å². The Hall–Kier alpha value is -0.290. The Kier molecular flexibility index (Phi) is 6.89. The highest BCUT2D eigenvalue weighted by Gasteiger charge is 2.04. The highest BCUT2D eigenvalue weighted by molar-refractivity contribution is 14.1. The van der Waals surface area contributed by atoms with Crippen LogP contribution in [0, 0.1) is 9.49 Å². The van der Waals surface area contributed by atoms with Crippen LogP contribution >= 0.6 is 34.2 Å². The SMILES string of the molecule is CC(CCl)CCCNC(=O)c1ccc(I)cc1.